The van der Waals surface area contributed by atoms with E-state index >= 15 is 0 Å². The molecule has 0 amide bonds. The van der Waals surface area contributed by atoms with Gasteiger partial charge in [0.15, 0.2) is 0 Å². The van der Waals surface area contributed by atoms with E-state index in [2.05, 4.69) is 14.6 Å². The molecule has 0 aliphatic heterocycles. The molecule has 13 heavy (non-hydrogen) atoms. The average molecular weight is 213 g/mol. The molecule has 2 aromatic rings. The molecule has 1 unspecified atom stereocenters. The molecule has 6 heteroatoms. The van der Waals surface area contributed by atoms with Crippen LogP contribution in [0.3, 0.4) is 0 Å². The lowest BCUT2D eigenvalue weighted by Gasteiger charge is -2.03. The summed E-state index contributed by atoms with van der Waals surface area (Å²) < 4.78 is 3.69. The van der Waals surface area contributed by atoms with Crippen molar-refractivity contribution in [2.45, 2.75) is 12.5 Å². The lowest BCUT2D eigenvalue weighted by atomic mass is 10.2. The molecule has 2 aromatic heterocycles. The molecule has 0 aliphatic rings. The third kappa shape index (κ3) is 2.09. The van der Waals surface area contributed by atoms with E-state index < -0.39 is 6.10 Å². The van der Waals surface area contributed by atoms with Crippen molar-refractivity contribution in [1.82, 2.24) is 14.6 Å². The first kappa shape index (κ1) is 8.74. The van der Waals surface area contributed by atoms with Crippen LogP contribution in [0.1, 0.15) is 16.7 Å². The first-order valence-electron chi connectivity index (χ1n) is 3.68. The molecule has 0 saturated carbocycles. The first-order valence-corrected chi connectivity index (χ1v) is 5.40. The fourth-order valence-corrected chi connectivity index (χ4v) is 2.09. The van der Waals surface area contributed by atoms with Crippen molar-refractivity contribution >= 4 is 22.9 Å². The summed E-state index contributed by atoms with van der Waals surface area (Å²) in [6, 6.07) is 0. The monoisotopic (exact) mass is 213 g/mol. The smallest absolute Gasteiger partial charge is 0.104 e. The van der Waals surface area contributed by atoms with Gasteiger partial charge in [-0.25, -0.2) is 0 Å². The SMILES string of the molecule is OC(Cc1cncs1)c1csnn1. The van der Waals surface area contributed by atoms with Crippen molar-refractivity contribution in [1.29, 1.82) is 0 Å². The summed E-state index contributed by atoms with van der Waals surface area (Å²) in [5.41, 5.74) is 2.39. The van der Waals surface area contributed by atoms with Gasteiger partial charge in [-0.05, 0) is 11.5 Å². The minimum absolute atomic E-state index is 0.556. The van der Waals surface area contributed by atoms with E-state index in [1.807, 2.05) is 0 Å². The van der Waals surface area contributed by atoms with E-state index in [0.29, 0.717) is 12.1 Å². The molecule has 1 atom stereocenters. The van der Waals surface area contributed by atoms with Crippen molar-refractivity contribution in [3.05, 3.63) is 27.7 Å². The minimum Gasteiger partial charge on any atom is -0.386 e. The van der Waals surface area contributed by atoms with Gasteiger partial charge in [-0.15, -0.1) is 16.4 Å². The summed E-state index contributed by atoms with van der Waals surface area (Å²) in [7, 11) is 0. The highest BCUT2D eigenvalue weighted by molar-refractivity contribution is 7.09. The molecule has 0 spiro atoms. The van der Waals surface area contributed by atoms with E-state index in [1.165, 1.54) is 22.9 Å². The normalized spacial score (nSPS) is 13.0. The van der Waals surface area contributed by atoms with E-state index in [9.17, 15) is 5.11 Å². The van der Waals surface area contributed by atoms with Crippen LogP contribution in [0, 0.1) is 0 Å². The standard InChI is InChI=1S/C7H7N3OS2/c11-7(6-3-13-10-9-6)1-5-2-8-4-12-5/h2-4,7,11H,1H2. The first-order chi connectivity index (χ1) is 6.36. The Morgan fingerprint density at radius 1 is 1.54 bits per heavy atom. The van der Waals surface area contributed by atoms with E-state index in [-0.39, 0.29) is 0 Å². The van der Waals surface area contributed by atoms with Crippen molar-refractivity contribution in [3.63, 3.8) is 0 Å². The number of aromatic nitrogens is 3. The van der Waals surface area contributed by atoms with Gasteiger partial charge in [-0.1, -0.05) is 4.49 Å². The van der Waals surface area contributed by atoms with Crippen LogP contribution in [0.5, 0.6) is 0 Å². The van der Waals surface area contributed by atoms with E-state index in [1.54, 1.807) is 17.1 Å². The van der Waals surface area contributed by atoms with Crippen molar-refractivity contribution < 1.29 is 5.11 Å². The fraction of sp³-hybridized carbons (Fsp3) is 0.286. The summed E-state index contributed by atoms with van der Waals surface area (Å²) in [5, 5.41) is 15.2. The average Bonchev–Trinajstić information content (AvgIpc) is 2.74. The number of aliphatic hydroxyl groups is 1. The van der Waals surface area contributed by atoms with Crippen molar-refractivity contribution in [2.75, 3.05) is 0 Å². The highest BCUT2D eigenvalue weighted by Crippen LogP contribution is 2.18. The Morgan fingerprint density at radius 2 is 2.46 bits per heavy atom. The molecule has 2 rings (SSSR count). The van der Waals surface area contributed by atoms with Gasteiger partial charge in [0.2, 0.25) is 0 Å². The van der Waals surface area contributed by atoms with Crippen LogP contribution in [-0.4, -0.2) is 19.7 Å². The van der Waals surface area contributed by atoms with Crippen LogP contribution >= 0.6 is 22.9 Å². The third-order valence-electron chi connectivity index (χ3n) is 1.60. The predicted octanol–water partition coefficient (Wildman–Crippen LogP) is 1.27. The third-order valence-corrected chi connectivity index (χ3v) is 2.92. The zero-order valence-electron chi connectivity index (χ0n) is 6.62. The second-order valence-corrected chi connectivity index (χ2v) is 4.10. The Bertz CT molecular complexity index is 346. The van der Waals surface area contributed by atoms with Gasteiger partial charge >= 0.3 is 0 Å². The van der Waals surface area contributed by atoms with Crippen molar-refractivity contribution in [3.8, 4) is 0 Å². The highest BCUT2D eigenvalue weighted by atomic mass is 32.1. The van der Waals surface area contributed by atoms with Gasteiger partial charge in [-0.2, -0.15) is 0 Å². The zero-order valence-corrected chi connectivity index (χ0v) is 8.25. The summed E-state index contributed by atoms with van der Waals surface area (Å²) >= 11 is 2.78. The van der Waals surface area contributed by atoms with Crippen LogP contribution in [0.2, 0.25) is 0 Å². The van der Waals surface area contributed by atoms with Crippen LogP contribution in [0.4, 0.5) is 0 Å². The molecular weight excluding hydrogens is 206 g/mol. The van der Waals surface area contributed by atoms with Crippen LogP contribution < -0.4 is 0 Å². The number of hydrogen-bond acceptors (Lipinski definition) is 6. The quantitative estimate of drug-likeness (QED) is 0.834. The van der Waals surface area contributed by atoms with Gasteiger partial charge < -0.3 is 5.11 Å². The molecule has 0 aliphatic carbocycles. The topological polar surface area (TPSA) is 58.9 Å². The summed E-state index contributed by atoms with van der Waals surface area (Å²) in [6.45, 7) is 0. The molecule has 0 saturated heterocycles. The van der Waals surface area contributed by atoms with Crippen LogP contribution in [0.25, 0.3) is 0 Å². The molecule has 1 N–H and O–H groups in total. The van der Waals surface area contributed by atoms with Crippen LogP contribution in [-0.2, 0) is 6.42 Å². The van der Waals surface area contributed by atoms with Gasteiger partial charge in [0.05, 0.1) is 5.51 Å². The number of nitrogens with zero attached hydrogens (tertiary/aromatic N) is 3. The Hall–Kier alpha value is -0.850. The van der Waals surface area contributed by atoms with E-state index in [4.69, 9.17) is 0 Å². The Morgan fingerprint density at radius 3 is 3.08 bits per heavy atom. The maximum Gasteiger partial charge on any atom is 0.104 e. The Labute approximate surface area is 83.1 Å². The maximum absolute atomic E-state index is 9.66. The second-order valence-electron chi connectivity index (χ2n) is 2.52. The number of hydrogen-bond donors (Lipinski definition) is 1. The molecule has 2 heterocycles. The fourth-order valence-electron chi connectivity index (χ4n) is 0.955. The number of aliphatic hydroxyl groups excluding tert-OH is 1. The minimum atomic E-state index is -0.556. The second kappa shape index (κ2) is 3.91. The molecule has 0 bridgehead atoms. The molecule has 0 radical (unpaired) electrons. The molecule has 68 valence electrons. The molecule has 0 aromatic carbocycles. The lowest BCUT2D eigenvalue weighted by Crippen LogP contribution is -2.00. The van der Waals surface area contributed by atoms with Gasteiger partial charge in [0.1, 0.15) is 11.8 Å². The van der Waals surface area contributed by atoms with Crippen molar-refractivity contribution in [2.24, 2.45) is 0 Å². The Balaban J connectivity index is 2.04. The summed E-state index contributed by atoms with van der Waals surface area (Å²) in [6.07, 6.45) is 1.77. The summed E-state index contributed by atoms with van der Waals surface area (Å²) in [5.74, 6) is 0. The lowest BCUT2D eigenvalue weighted by molar-refractivity contribution is 0.174. The number of rotatable bonds is 3. The molecular formula is C7H7N3OS2. The number of thiazole rings is 1. The van der Waals surface area contributed by atoms with E-state index in [0.717, 1.165) is 4.88 Å². The zero-order chi connectivity index (χ0) is 9.10. The Kier molecular flexibility index (Phi) is 2.62. The van der Waals surface area contributed by atoms with Gasteiger partial charge in [0.25, 0.3) is 0 Å². The largest absolute Gasteiger partial charge is 0.386 e. The highest BCUT2D eigenvalue weighted by Gasteiger charge is 2.11. The molecule has 4 nitrogen and oxygen atoms in total. The van der Waals surface area contributed by atoms with Gasteiger partial charge in [-0.3, -0.25) is 4.98 Å². The van der Waals surface area contributed by atoms with Crippen LogP contribution in [0.15, 0.2) is 17.1 Å². The van der Waals surface area contributed by atoms with Gasteiger partial charge in [0, 0.05) is 22.9 Å². The predicted molar refractivity (Wildman–Crippen MR) is 50.7 cm³/mol. The summed E-state index contributed by atoms with van der Waals surface area (Å²) in [4.78, 5) is 4.99. The maximum atomic E-state index is 9.66. The molecule has 0 fully saturated rings.